The summed E-state index contributed by atoms with van der Waals surface area (Å²) in [6, 6.07) is 65.2. The summed E-state index contributed by atoms with van der Waals surface area (Å²) in [5.41, 5.74) is 19.0. The maximum atomic E-state index is 2.51. The zero-order valence-electron chi connectivity index (χ0n) is 30.7. The van der Waals surface area contributed by atoms with Crippen LogP contribution in [0, 0.1) is 0 Å². The summed E-state index contributed by atoms with van der Waals surface area (Å²) in [6.45, 7) is 9.57. The molecule has 10 rings (SSSR count). The number of fused-ring (bicyclic) bond motifs is 8. The molecule has 2 aliphatic rings. The van der Waals surface area contributed by atoms with Gasteiger partial charge in [0.2, 0.25) is 0 Å². The molecule has 0 heterocycles. The van der Waals surface area contributed by atoms with Crippen molar-refractivity contribution < 1.29 is 0 Å². The highest BCUT2D eigenvalue weighted by Crippen LogP contribution is 2.57. The lowest BCUT2D eigenvalue weighted by Crippen LogP contribution is -2.18. The molecule has 8 aromatic rings. The molecule has 0 unspecified atom stereocenters. The van der Waals surface area contributed by atoms with Crippen LogP contribution >= 0.6 is 0 Å². The van der Waals surface area contributed by atoms with Crippen LogP contribution in [0.1, 0.15) is 49.9 Å². The number of nitrogens with zero attached hydrogens (tertiary/aromatic N) is 1. The van der Waals surface area contributed by atoms with Crippen LogP contribution in [0.25, 0.3) is 55.3 Å². The average molecular weight is 680 g/mol. The lowest BCUT2D eigenvalue weighted by atomic mass is 9.78. The first-order valence-corrected chi connectivity index (χ1v) is 18.8. The molecule has 0 spiro atoms. The van der Waals surface area contributed by atoms with Crippen molar-refractivity contribution in [2.24, 2.45) is 0 Å². The van der Waals surface area contributed by atoms with Crippen LogP contribution in [0.5, 0.6) is 0 Å². The van der Waals surface area contributed by atoms with Crippen LogP contribution in [0.4, 0.5) is 17.1 Å². The van der Waals surface area contributed by atoms with Crippen LogP contribution in [0.15, 0.2) is 176 Å². The minimum absolute atomic E-state index is 0.112. The Labute approximate surface area is 312 Å². The van der Waals surface area contributed by atoms with Crippen LogP contribution in [0.3, 0.4) is 0 Å². The maximum Gasteiger partial charge on any atom is 0.0543 e. The minimum atomic E-state index is -0.213. The summed E-state index contributed by atoms with van der Waals surface area (Å²) in [6.07, 6.45) is 0. The normalized spacial score (nSPS) is 14.3. The largest absolute Gasteiger partial charge is 0.310 e. The monoisotopic (exact) mass is 679 g/mol. The van der Waals surface area contributed by atoms with Crippen molar-refractivity contribution in [2.45, 2.75) is 38.5 Å². The van der Waals surface area contributed by atoms with E-state index in [9.17, 15) is 0 Å². The second-order valence-electron chi connectivity index (χ2n) is 15.7. The summed E-state index contributed by atoms with van der Waals surface area (Å²) in [7, 11) is 0. The zero-order chi connectivity index (χ0) is 35.9. The van der Waals surface area contributed by atoms with Crippen molar-refractivity contribution in [3.63, 3.8) is 0 Å². The molecule has 254 valence electrons. The lowest BCUT2D eigenvalue weighted by molar-refractivity contribution is 0.660. The van der Waals surface area contributed by atoms with Gasteiger partial charge in [0.15, 0.2) is 0 Å². The van der Waals surface area contributed by atoms with Crippen molar-refractivity contribution in [1.29, 1.82) is 0 Å². The molecule has 0 radical (unpaired) electrons. The SMILES string of the molecule is CC1(C)c2ccccc2-c2ccc(N(c3ccc(-c4ccccc4)cc3)c3cccc4cc(-c5ccccc5)c5c(c34)C(C)(C)c3ccccc3-5)cc21. The second kappa shape index (κ2) is 11.7. The predicted octanol–water partition coefficient (Wildman–Crippen LogP) is 14.3. The second-order valence-corrected chi connectivity index (χ2v) is 15.7. The van der Waals surface area contributed by atoms with Gasteiger partial charge in [-0.3, -0.25) is 0 Å². The quantitative estimate of drug-likeness (QED) is 0.175. The van der Waals surface area contributed by atoms with Crippen LogP contribution in [-0.2, 0) is 10.8 Å². The molecule has 0 aromatic heterocycles. The first kappa shape index (κ1) is 31.5. The molecule has 0 saturated carbocycles. The molecule has 0 saturated heterocycles. The topological polar surface area (TPSA) is 3.24 Å². The van der Waals surface area contributed by atoms with Crippen LogP contribution in [0.2, 0.25) is 0 Å². The van der Waals surface area contributed by atoms with E-state index in [0.29, 0.717) is 0 Å². The van der Waals surface area contributed by atoms with Gasteiger partial charge < -0.3 is 4.90 Å². The molecule has 0 atom stereocenters. The summed E-state index contributed by atoms with van der Waals surface area (Å²) in [5.74, 6) is 0. The van der Waals surface area contributed by atoms with E-state index >= 15 is 0 Å². The van der Waals surface area contributed by atoms with E-state index in [0.717, 1.165) is 5.69 Å². The Morgan fingerprint density at radius 1 is 0.377 bits per heavy atom. The Kier molecular flexibility index (Phi) is 6.94. The fourth-order valence-electron chi connectivity index (χ4n) is 9.45. The van der Waals surface area contributed by atoms with Crippen molar-refractivity contribution >= 4 is 27.8 Å². The Hall–Kier alpha value is -6.18. The Balaban J connectivity index is 1.26. The Morgan fingerprint density at radius 2 is 0.943 bits per heavy atom. The van der Waals surface area contributed by atoms with Crippen molar-refractivity contribution in [3.8, 4) is 44.5 Å². The van der Waals surface area contributed by atoms with Gasteiger partial charge in [-0.2, -0.15) is 0 Å². The van der Waals surface area contributed by atoms with Gasteiger partial charge in [-0.25, -0.2) is 0 Å². The molecule has 8 aromatic carbocycles. The fourth-order valence-corrected chi connectivity index (χ4v) is 9.45. The number of hydrogen-bond acceptors (Lipinski definition) is 1. The predicted molar refractivity (Wildman–Crippen MR) is 225 cm³/mol. The first-order chi connectivity index (χ1) is 25.8. The number of benzene rings is 8. The lowest BCUT2D eigenvalue weighted by Gasteiger charge is -2.32. The molecule has 1 heteroatoms. The summed E-state index contributed by atoms with van der Waals surface area (Å²) >= 11 is 0. The van der Waals surface area contributed by atoms with Crippen molar-refractivity contribution in [3.05, 3.63) is 198 Å². The van der Waals surface area contributed by atoms with Gasteiger partial charge in [0, 0.05) is 27.6 Å². The average Bonchev–Trinajstić information content (AvgIpc) is 3.58. The number of hydrogen-bond donors (Lipinski definition) is 0. The van der Waals surface area contributed by atoms with Crippen molar-refractivity contribution in [1.82, 2.24) is 0 Å². The smallest absolute Gasteiger partial charge is 0.0543 e. The molecule has 0 bridgehead atoms. The maximum absolute atomic E-state index is 2.51. The zero-order valence-corrected chi connectivity index (χ0v) is 30.7. The molecule has 0 N–H and O–H groups in total. The van der Waals surface area contributed by atoms with Crippen LogP contribution in [-0.4, -0.2) is 0 Å². The Bertz CT molecular complexity index is 2700. The summed E-state index contributed by atoms with van der Waals surface area (Å²) < 4.78 is 0. The summed E-state index contributed by atoms with van der Waals surface area (Å²) in [5, 5.41) is 2.55. The first-order valence-electron chi connectivity index (χ1n) is 18.8. The van der Waals surface area contributed by atoms with Gasteiger partial charge in [-0.1, -0.05) is 167 Å². The number of anilines is 3. The highest BCUT2D eigenvalue weighted by Gasteiger charge is 2.40. The highest BCUT2D eigenvalue weighted by atomic mass is 15.1. The molecule has 1 nitrogen and oxygen atoms in total. The van der Waals surface area contributed by atoms with E-state index in [4.69, 9.17) is 0 Å². The van der Waals surface area contributed by atoms with E-state index in [2.05, 4.69) is 209 Å². The van der Waals surface area contributed by atoms with Gasteiger partial charge in [0.05, 0.1) is 5.69 Å². The number of rotatable bonds is 5. The molecule has 53 heavy (non-hydrogen) atoms. The summed E-state index contributed by atoms with van der Waals surface area (Å²) in [4.78, 5) is 2.51. The highest BCUT2D eigenvalue weighted by molar-refractivity contribution is 6.11. The molecule has 2 aliphatic carbocycles. The standard InChI is InChI=1S/C52H41N/c1-51(2)44-23-13-11-21-40(44)41-31-30-39(33-46(41)51)53(38-28-26-35(27-29-38)34-16-7-5-8-17-34)47-25-15-20-37-32-43(36-18-9-6-10-19-36)49-42-22-12-14-24-45(42)52(3,4)50(49)48(37)47/h5-33H,1-4H3. The third kappa shape index (κ3) is 4.70. The van der Waals surface area contributed by atoms with Gasteiger partial charge in [-0.05, 0) is 109 Å². The van der Waals surface area contributed by atoms with Gasteiger partial charge in [0.25, 0.3) is 0 Å². The van der Waals surface area contributed by atoms with E-state index in [-0.39, 0.29) is 10.8 Å². The van der Waals surface area contributed by atoms with E-state index in [1.807, 2.05) is 0 Å². The van der Waals surface area contributed by atoms with Crippen molar-refractivity contribution in [2.75, 3.05) is 4.90 Å². The van der Waals surface area contributed by atoms with Gasteiger partial charge in [-0.15, -0.1) is 0 Å². The van der Waals surface area contributed by atoms with Gasteiger partial charge in [0.1, 0.15) is 0 Å². The minimum Gasteiger partial charge on any atom is -0.310 e. The third-order valence-corrected chi connectivity index (χ3v) is 12.0. The molecular formula is C52H41N. The molecule has 0 fully saturated rings. The Morgan fingerprint density at radius 3 is 1.66 bits per heavy atom. The molecule has 0 aliphatic heterocycles. The van der Waals surface area contributed by atoms with E-state index < -0.39 is 0 Å². The van der Waals surface area contributed by atoms with Gasteiger partial charge >= 0.3 is 0 Å². The van der Waals surface area contributed by atoms with E-state index in [1.54, 1.807) is 0 Å². The van der Waals surface area contributed by atoms with Crippen LogP contribution < -0.4 is 4.90 Å². The van der Waals surface area contributed by atoms with E-state index in [1.165, 1.54) is 88.9 Å². The molecular weight excluding hydrogens is 639 g/mol. The molecule has 0 amide bonds. The third-order valence-electron chi connectivity index (χ3n) is 12.0. The fraction of sp³-hybridized carbons (Fsp3) is 0.115.